The Kier molecular flexibility index (Phi) is 3.58. The van der Waals surface area contributed by atoms with E-state index < -0.39 is 0 Å². The van der Waals surface area contributed by atoms with Gasteiger partial charge in [-0.05, 0) is 23.8 Å². The van der Waals surface area contributed by atoms with Crippen molar-refractivity contribution in [3.63, 3.8) is 0 Å². The molecule has 0 radical (unpaired) electrons. The second-order valence-electron chi connectivity index (χ2n) is 4.65. The lowest BCUT2D eigenvalue weighted by molar-refractivity contribution is 0.0956. The summed E-state index contributed by atoms with van der Waals surface area (Å²) in [4.78, 5) is 12.6. The minimum absolute atomic E-state index is 0.238. The zero-order valence-corrected chi connectivity index (χ0v) is 11.9. The number of nitrogens with two attached hydrogens (primary N) is 1. The lowest BCUT2D eigenvalue weighted by Crippen LogP contribution is -2.22. The van der Waals surface area contributed by atoms with Gasteiger partial charge in [0.1, 0.15) is 10.7 Å². The van der Waals surface area contributed by atoms with E-state index in [1.165, 1.54) is 23.5 Å². The van der Waals surface area contributed by atoms with E-state index in [4.69, 9.17) is 5.73 Å². The number of nitrogen functional groups attached to an aromatic ring is 1. The lowest BCUT2D eigenvalue weighted by Gasteiger charge is -2.04. The molecule has 0 saturated carbocycles. The number of hydrogen-bond acceptors (Lipinski definition) is 3. The standard InChI is InChI=1S/C16H13FN2OS/c17-11-6-7-13-12(8-11)14(18)15(21-13)16(20)19-9-10-4-2-1-3-5-10/h1-8H,9,18H2,(H,19,20). The number of carbonyl (C=O) groups excluding carboxylic acids is 1. The molecule has 3 N–H and O–H groups in total. The molecule has 3 aromatic rings. The van der Waals surface area contributed by atoms with Crippen LogP contribution in [0.2, 0.25) is 0 Å². The predicted molar refractivity (Wildman–Crippen MR) is 83.8 cm³/mol. The van der Waals surface area contributed by atoms with E-state index >= 15 is 0 Å². The molecule has 0 bridgehead atoms. The molecular formula is C16H13FN2OS. The number of rotatable bonds is 3. The Morgan fingerprint density at radius 3 is 2.71 bits per heavy atom. The Labute approximate surface area is 125 Å². The van der Waals surface area contributed by atoms with Gasteiger partial charge in [-0.2, -0.15) is 0 Å². The monoisotopic (exact) mass is 300 g/mol. The summed E-state index contributed by atoms with van der Waals surface area (Å²) in [5.74, 6) is -0.596. The van der Waals surface area contributed by atoms with Crippen LogP contribution in [0.3, 0.4) is 0 Å². The number of halogens is 1. The summed E-state index contributed by atoms with van der Waals surface area (Å²) in [6.45, 7) is 0.432. The second-order valence-corrected chi connectivity index (χ2v) is 5.71. The Bertz CT molecular complexity index is 799. The average molecular weight is 300 g/mol. The Morgan fingerprint density at radius 2 is 1.95 bits per heavy atom. The minimum atomic E-state index is -0.358. The first-order valence-corrected chi connectivity index (χ1v) is 7.26. The van der Waals surface area contributed by atoms with Crippen molar-refractivity contribution in [2.45, 2.75) is 6.54 Å². The van der Waals surface area contributed by atoms with Crippen LogP contribution in [0.1, 0.15) is 15.2 Å². The summed E-state index contributed by atoms with van der Waals surface area (Å²) in [7, 11) is 0. The third-order valence-electron chi connectivity index (χ3n) is 3.19. The zero-order chi connectivity index (χ0) is 14.8. The van der Waals surface area contributed by atoms with Crippen molar-refractivity contribution < 1.29 is 9.18 Å². The largest absolute Gasteiger partial charge is 0.397 e. The molecule has 21 heavy (non-hydrogen) atoms. The maximum Gasteiger partial charge on any atom is 0.263 e. The fraction of sp³-hybridized carbons (Fsp3) is 0.0625. The number of amides is 1. The van der Waals surface area contributed by atoms with Gasteiger partial charge in [-0.1, -0.05) is 30.3 Å². The fourth-order valence-electron chi connectivity index (χ4n) is 2.12. The van der Waals surface area contributed by atoms with Crippen LogP contribution in [0.5, 0.6) is 0 Å². The third kappa shape index (κ3) is 2.73. The Hall–Kier alpha value is -2.40. The highest BCUT2D eigenvalue weighted by molar-refractivity contribution is 7.21. The van der Waals surface area contributed by atoms with Crippen LogP contribution in [0.15, 0.2) is 48.5 Å². The van der Waals surface area contributed by atoms with Gasteiger partial charge in [0.2, 0.25) is 0 Å². The minimum Gasteiger partial charge on any atom is -0.397 e. The van der Waals surface area contributed by atoms with Crippen molar-refractivity contribution in [2.24, 2.45) is 0 Å². The highest BCUT2D eigenvalue weighted by Crippen LogP contribution is 2.33. The summed E-state index contributed by atoms with van der Waals surface area (Å²) in [6, 6.07) is 14.0. The first kappa shape index (κ1) is 13.6. The summed E-state index contributed by atoms with van der Waals surface area (Å²) >= 11 is 1.27. The normalized spacial score (nSPS) is 10.7. The Balaban J connectivity index is 1.83. The van der Waals surface area contributed by atoms with E-state index in [1.54, 1.807) is 6.07 Å². The van der Waals surface area contributed by atoms with Crippen LogP contribution < -0.4 is 11.1 Å². The van der Waals surface area contributed by atoms with Crippen molar-refractivity contribution in [3.05, 3.63) is 64.8 Å². The molecular weight excluding hydrogens is 287 g/mol. The summed E-state index contributed by atoms with van der Waals surface area (Å²) in [5.41, 5.74) is 7.30. The van der Waals surface area contributed by atoms with Gasteiger partial charge >= 0.3 is 0 Å². The van der Waals surface area contributed by atoms with Crippen LogP contribution in [0.25, 0.3) is 10.1 Å². The van der Waals surface area contributed by atoms with E-state index in [2.05, 4.69) is 5.32 Å². The first-order valence-electron chi connectivity index (χ1n) is 6.45. The summed E-state index contributed by atoms with van der Waals surface area (Å²) in [5, 5.41) is 3.42. The number of hydrogen-bond donors (Lipinski definition) is 2. The van der Waals surface area contributed by atoms with Crippen LogP contribution in [0.4, 0.5) is 10.1 Å². The molecule has 0 aliphatic carbocycles. The number of carbonyl (C=O) groups is 1. The van der Waals surface area contributed by atoms with Crippen molar-refractivity contribution >= 4 is 33.0 Å². The molecule has 1 heterocycles. The predicted octanol–water partition coefficient (Wildman–Crippen LogP) is 3.55. The molecule has 3 rings (SSSR count). The fourth-order valence-corrected chi connectivity index (χ4v) is 3.14. The lowest BCUT2D eigenvalue weighted by atomic mass is 10.2. The molecule has 1 aromatic heterocycles. The molecule has 0 aliphatic heterocycles. The van der Waals surface area contributed by atoms with Crippen LogP contribution in [-0.4, -0.2) is 5.91 Å². The maximum atomic E-state index is 13.2. The highest BCUT2D eigenvalue weighted by atomic mass is 32.1. The van der Waals surface area contributed by atoms with Gasteiger partial charge in [0, 0.05) is 16.6 Å². The van der Waals surface area contributed by atoms with Crippen LogP contribution in [0, 0.1) is 5.82 Å². The SMILES string of the molecule is Nc1c(C(=O)NCc2ccccc2)sc2ccc(F)cc12. The summed E-state index contributed by atoms with van der Waals surface area (Å²) < 4.78 is 14.0. The quantitative estimate of drug-likeness (QED) is 0.777. The van der Waals surface area contributed by atoms with Gasteiger partial charge in [0.05, 0.1) is 5.69 Å². The highest BCUT2D eigenvalue weighted by Gasteiger charge is 2.16. The van der Waals surface area contributed by atoms with Gasteiger partial charge < -0.3 is 11.1 Å². The van der Waals surface area contributed by atoms with E-state index in [0.29, 0.717) is 22.5 Å². The number of nitrogens with one attached hydrogen (secondary N) is 1. The van der Waals surface area contributed by atoms with Gasteiger partial charge in [-0.3, -0.25) is 4.79 Å². The van der Waals surface area contributed by atoms with Crippen molar-refractivity contribution in [3.8, 4) is 0 Å². The number of anilines is 1. The first-order chi connectivity index (χ1) is 10.1. The van der Waals surface area contributed by atoms with Gasteiger partial charge in [0.25, 0.3) is 5.91 Å². The molecule has 0 atom stereocenters. The summed E-state index contributed by atoms with van der Waals surface area (Å²) in [6.07, 6.45) is 0. The molecule has 2 aromatic carbocycles. The molecule has 1 amide bonds. The topological polar surface area (TPSA) is 55.1 Å². The smallest absolute Gasteiger partial charge is 0.263 e. The van der Waals surface area contributed by atoms with Crippen LogP contribution >= 0.6 is 11.3 Å². The average Bonchev–Trinajstić information content (AvgIpc) is 2.83. The zero-order valence-electron chi connectivity index (χ0n) is 11.1. The number of benzene rings is 2. The van der Waals surface area contributed by atoms with E-state index in [1.807, 2.05) is 30.3 Å². The van der Waals surface area contributed by atoms with Gasteiger partial charge in [0.15, 0.2) is 0 Å². The maximum absolute atomic E-state index is 13.2. The van der Waals surface area contributed by atoms with E-state index in [-0.39, 0.29) is 11.7 Å². The van der Waals surface area contributed by atoms with Crippen molar-refractivity contribution in [1.29, 1.82) is 0 Å². The second kappa shape index (κ2) is 5.54. The molecule has 0 spiro atoms. The van der Waals surface area contributed by atoms with E-state index in [9.17, 15) is 9.18 Å². The molecule has 0 aliphatic rings. The molecule has 106 valence electrons. The molecule has 3 nitrogen and oxygen atoms in total. The van der Waals surface area contributed by atoms with Gasteiger partial charge in [-0.15, -0.1) is 11.3 Å². The third-order valence-corrected chi connectivity index (χ3v) is 4.38. The van der Waals surface area contributed by atoms with Gasteiger partial charge in [-0.25, -0.2) is 4.39 Å². The number of thiophene rings is 1. The molecule has 0 saturated heterocycles. The molecule has 0 unspecified atom stereocenters. The van der Waals surface area contributed by atoms with Crippen molar-refractivity contribution in [2.75, 3.05) is 5.73 Å². The molecule has 0 fully saturated rings. The van der Waals surface area contributed by atoms with Crippen molar-refractivity contribution in [1.82, 2.24) is 5.32 Å². The number of fused-ring (bicyclic) bond motifs is 1. The Morgan fingerprint density at radius 1 is 1.19 bits per heavy atom. The molecule has 5 heteroatoms. The van der Waals surface area contributed by atoms with Crippen LogP contribution in [-0.2, 0) is 6.54 Å². The van der Waals surface area contributed by atoms with E-state index in [0.717, 1.165) is 10.3 Å².